The van der Waals surface area contributed by atoms with Crippen LogP contribution in [0, 0.1) is 0 Å². The second-order valence-electron chi connectivity index (χ2n) is 7.75. The number of halogens is 1. The van der Waals surface area contributed by atoms with Gasteiger partial charge < -0.3 is 9.47 Å². The van der Waals surface area contributed by atoms with E-state index in [1.807, 2.05) is 60.7 Å². The van der Waals surface area contributed by atoms with E-state index < -0.39 is 0 Å². The number of carbonyl (C=O) groups excluding carboxylic acids is 2. The molecule has 1 fully saturated rings. The van der Waals surface area contributed by atoms with Crippen LogP contribution in [0.2, 0.25) is 5.02 Å². The van der Waals surface area contributed by atoms with Gasteiger partial charge in [-0.15, -0.1) is 0 Å². The maximum absolute atomic E-state index is 12.8. The van der Waals surface area contributed by atoms with Gasteiger partial charge in [-0.25, -0.2) is 0 Å². The smallest absolute Gasteiger partial charge is 0.293 e. The van der Waals surface area contributed by atoms with Gasteiger partial charge in [-0.05, 0) is 71.6 Å². The fourth-order valence-corrected chi connectivity index (χ4v) is 4.56. The standard InChI is InChI=1S/C27H24ClNO4S/c1-32-24-16-21(11-14-23(24)33-18-20-9-12-22(28)13-10-20)17-25-26(30)29(27(31)34-25)15-5-8-19-6-3-2-4-7-19/h2-4,6-7,9-14,16-17H,5,8,15,18H2,1H3/b25-17+. The zero-order valence-electron chi connectivity index (χ0n) is 18.7. The fourth-order valence-electron chi connectivity index (χ4n) is 3.57. The Kier molecular flexibility index (Phi) is 7.93. The Balaban J connectivity index is 1.39. The van der Waals surface area contributed by atoms with Crippen LogP contribution in [0.5, 0.6) is 11.5 Å². The quantitative estimate of drug-likeness (QED) is 0.314. The van der Waals surface area contributed by atoms with Crippen molar-refractivity contribution in [3.63, 3.8) is 0 Å². The van der Waals surface area contributed by atoms with Crippen molar-refractivity contribution in [2.24, 2.45) is 0 Å². The van der Waals surface area contributed by atoms with Crippen molar-refractivity contribution in [3.05, 3.63) is 99.4 Å². The topological polar surface area (TPSA) is 55.8 Å². The van der Waals surface area contributed by atoms with Crippen molar-refractivity contribution in [3.8, 4) is 11.5 Å². The first-order valence-electron chi connectivity index (χ1n) is 10.9. The molecule has 2 amide bonds. The van der Waals surface area contributed by atoms with E-state index in [1.165, 1.54) is 10.5 Å². The van der Waals surface area contributed by atoms with Crippen LogP contribution in [-0.2, 0) is 17.8 Å². The van der Waals surface area contributed by atoms with Gasteiger partial charge in [-0.3, -0.25) is 14.5 Å². The third kappa shape index (κ3) is 6.01. The Morgan fingerprint density at radius 1 is 0.941 bits per heavy atom. The molecule has 0 bridgehead atoms. The van der Waals surface area contributed by atoms with Gasteiger partial charge in [0, 0.05) is 11.6 Å². The molecule has 0 spiro atoms. The summed E-state index contributed by atoms with van der Waals surface area (Å²) in [6, 6.07) is 22.9. The van der Waals surface area contributed by atoms with Crippen molar-refractivity contribution >= 4 is 40.6 Å². The molecule has 0 radical (unpaired) electrons. The summed E-state index contributed by atoms with van der Waals surface area (Å²) in [5.74, 6) is 0.874. The average molecular weight is 494 g/mol. The summed E-state index contributed by atoms with van der Waals surface area (Å²) in [5, 5.41) is 0.436. The van der Waals surface area contributed by atoms with Crippen LogP contribution in [0.15, 0.2) is 77.7 Å². The molecule has 0 aromatic heterocycles. The lowest BCUT2D eigenvalue weighted by molar-refractivity contribution is -0.122. The van der Waals surface area contributed by atoms with E-state index in [0.717, 1.165) is 35.7 Å². The van der Waals surface area contributed by atoms with Gasteiger partial charge in [0.05, 0.1) is 12.0 Å². The number of nitrogens with zero attached hydrogens (tertiary/aromatic N) is 1. The maximum atomic E-state index is 12.8. The van der Waals surface area contributed by atoms with Gasteiger partial charge in [-0.1, -0.05) is 60.1 Å². The molecule has 3 aromatic carbocycles. The summed E-state index contributed by atoms with van der Waals surface area (Å²) in [4.78, 5) is 27.0. The van der Waals surface area contributed by atoms with E-state index in [2.05, 4.69) is 0 Å². The molecular formula is C27H24ClNO4S. The lowest BCUT2D eigenvalue weighted by atomic mass is 10.1. The minimum absolute atomic E-state index is 0.237. The van der Waals surface area contributed by atoms with Crippen molar-refractivity contribution in [2.75, 3.05) is 13.7 Å². The molecule has 1 heterocycles. The highest BCUT2D eigenvalue weighted by Gasteiger charge is 2.34. The highest BCUT2D eigenvalue weighted by atomic mass is 35.5. The third-order valence-corrected chi connectivity index (χ3v) is 6.52. The van der Waals surface area contributed by atoms with Crippen LogP contribution < -0.4 is 9.47 Å². The number of methoxy groups -OCH3 is 1. The van der Waals surface area contributed by atoms with Crippen molar-refractivity contribution < 1.29 is 19.1 Å². The van der Waals surface area contributed by atoms with Gasteiger partial charge in [0.25, 0.3) is 11.1 Å². The average Bonchev–Trinajstić information content (AvgIpc) is 3.12. The largest absolute Gasteiger partial charge is 0.493 e. The van der Waals surface area contributed by atoms with Crippen LogP contribution >= 0.6 is 23.4 Å². The Labute approximate surface area is 208 Å². The summed E-state index contributed by atoms with van der Waals surface area (Å²) in [6.07, 6.45) is 3.26. The second kappa shape index (κ2) is 11.3. The maximum Gasteiger partial charge on any atom is 0.293 e. The molecule has 0 unspecified atom stereocenters. The molecule has 1 aliphatic rings. The number of hydrogen-bond donors (Lipinski definition) is 0. The van der Waals surface area contributed by atoms with Crippen LogP contribution in [-0.4, -0.2) is 29.7 Å². The van der Waals surface area contributed by atoms with Crippen molar-refractivity contribution in [2.45, 2.75) is 19.4 Å². The molecule has 4 rings (SSSR count). The summed E-state index contributed by atoms with van der Waals surface area (Å²) >= 11 is 6.89. The monoisotopic (exact) mass is 493 g/mol. The van der Waals surface area contributed by atoms with E-state index >= 15 is 0 Å². The lowest BCUT2D eigenvalue weighted by Crippen LogP contribution is -2.29. The van der Waals surface area contributed by atoms with Crippen LogP contribution in [0.25, 0.3) is 6.08 Å². The molecule has 0 N–H and O–H groups in total. The molecule has 5 nitrogen and oxygen atoms in total. The van der Waals surface area contributed by atoms with Gasteiger partial charge in [0.2, 0.25) is 0 Å². The number of imide groups is 1. The minimum Gasteiger partial charge on any atom is -0.493 e. The highest BCUT2D eigenvalue weighted by molar-refractivity contribution is 8.18. The molecule has 0 aliphatic carbocycles. The van der Waals surface area contributed by atoms with Gasteiger partial charge >= 0.3 is 0 Å². The number of benzene rings is 3. The number of aryl methyl sites for hydroxylation is 1. The molecule has 34 heavy (non-hydrogen) atoms. The predicted molar refractivity (Wildman–Crippen MR) is 136 cm³/mol. The number of thioether (sulfide) groups is 1. The summed E-state index contributed by atoms with van der Waals surface area (Å²) in [6.45, 7) is 0.770. The lowest BCUT2D eigenvalue weighted by Gasteiger charge is -2.12. The predicted octanol–water partition coefficient (Wildman–Crippen LogP) is 6.60. The fraction of sp³-hybridized carbons (Fsp3) is 0.185. The van der Waals surface area contributed by atoms with E-state index in [4.69, 9.17) is 21.1 Å². The van der Waals surface area contributed by atoms with E-state index in [9.17, 15) is 9.59 Å². The molecular weight excluding hydrogens is 470 g/mol. The van der Waals surface area contributed by atoms with Crippen molar-refractivity contribution in [1.29, 1.82) is 0 Å². The van der Waals surface area contributed by atoms with Crippen LogP contribution in [0.3, 0.4) is 0 Å². The Morgan fingerprint density at radius 2 is 1.71 bits per heavy atom. The third-order valence-electron chi connectivity index (χ3n) is 5.36. The van der Waals surface area contributed by atoms with E-state index in [1.54, 1.807) is 25.3 Å². The number of amides is 2. The molecule has 1 aliphatic heterocycles. The van der Waals surface area contributed by atoms with Crippen molar-refractivity contribution in [1.82, 2.24) is 4.90 Å². The summed E-state index contributed by atoms with van der Waals surface area (Å²) in [7, 11) is 1.56. The van der Waals surface area contributed by atoms with E-state index in [-0.39, 0.29) is 11.1 Å². The van der Waals surface area contributed by atoms with E-state index in [0.29, 0.717) is 34.6 Å². The first-order chi connectivity index (χ1) is 16.5. The van der Waals surface area contributed by atoms with Gasteiger partial charge in [0.15, 0.2) is 11.5 Å². The molecule has 174 valence electrons. The normalized spacial score (nSPS) is 14.6. The van der Waals surface area contributed by atoms with Gasteiger partial charge in [0.1, 0.15) is 6.61 Å². The van der Waals surface area contributed by atoms with Crippen LogP contribution in [0.1, 0.15) is 23.1 Å². The number of rotatable bonds is 9. The summed E-state index contributed by atoms with van der Waals surface area (Å²) in [5.41, 5.74) is 2.93. The first-order valence-corrected chi connectivity index (χ1v) is 12.1. The zero-order chi connectivity index (χ0) is 23.9. The van der Waals surface area contributed by atoms with Gasteiger partial charge in [-0.2, -0.15) is 0 Å². The Bertz CT molecular complexity index is 1200. The Morgan fingerprint density at radius 3 is 2.44 bits per heavy atom. The molecule has 1 saturated heterocycles. The van der Waals surface area contributed by atoms with Crippen LogP contribution in [0.4, 0.5) is 4.79 Å². The number of ether oxygens (including phenoxy) is 2. The highest BCUT2D eigenvalue weighted by Crippen LogP contribution is 2.35. The molecule has 7 heteroatoms. The SMILES string of the molecule is COc1cc(/C=C2/SC(=O)N(CCCc3ccccc3)C2=O)ccc1OCc1ccc(Cl)cc1. The summed E-state index contributed by atoms with van der Waals surface area (Å²) < 4.78 is 11.4. The Hall–Kier alpha value is -3.22. The first kappa shape index (κ1) is 23.9. The molecule has 3 aromatic rings. The second-order valence-corrected chi connectivity index (χ2v) is 9.18. The molecule has 0 atom stereocenters. The number of hydrogen-bond acceptors (Lipinski definition) is 5. The zero-order valence-corrected chi connectivity index (χ0v) is 20.3. The molecule has 0 saturated carbocycles. The minimum atomic E-state index is -0.259. The number of carbonyl (C=O) groups is 2.